The van der Waals surface area contributed by atoms with E-state index in [2.05, 4.69) is 19.2 Å². The fourth-order valence-corrected chi connectivity index (χ4v) is 4.74. The molecule has 2 aliphatic carbocycles. The topological polar surface area (TPSA) is 139 Å². The van der Waals surface area contributed by atoms with E-state index >= 15 is 0 Å². The van der Waals surface area contributed by atoms with E-state index in [0.717, 1.165) is 12.8 Å². The van der Waals surface area contributed by atoms with Gasteiger partial charge in [-0.1, -0.05) is 40.5 Å². The number of aliphatic hydroxyl groups excluding tert-OH is 1. The standard InChI is InChI=1S/C20H34N4O4/c1-9(2)14(21)19(28)24-8-11-13(20(11,3)4)15(24)18(27)23-12(7-10-5-6-10)16(25)17(22)26/h9-16,25H,5-8,21H2,1-4H3,(H2,22,26)(H,23,27)/t11?,12?,13?,14-,15?,16?/m0/s1. The van der Waals surface area contributed by atoms with Crippen LogP contribution in [0.15, 0.2) is 0 Å². The molecule has 0 aromatic rings. The zero-order chi connectivity index (χ0) is 21.0. The Morgan fingerprint density at radius 3 is 2.36 bits per heavy atom. The number of hydrogen-bond donors (Lipinski definition) is 4. The van der Waals surface area contributed by atoms with E-state index in [-0.39, 0.29) is 35.0 Å². The van der Waals surface area contributed by atoms with Crippen LogP contribution in [0.1, 0.15) is 47.0 Å². The van der Waals surface area contributed by atoms with E-state index in [1.54, 1.807) is 4.90 Å². The minimum atomic E-state index is -1.43. The molecule has 5 unspecified atom stereocenters. The lowest BCUT2D eigenvalue weighted by Gasteiger charge is -2.34. The molecular formula is C20H34N4O4. The molecule has 2 saturated carbocycles. The van der Waals surface area contributed by atoms with Crippen LogP contribution in [0.25, 0.3) is 0 Å². The Balaban J connectivity index is 1.77. The number of nitrogens with one attached hydrogen (secondary N) is 1. The molecular weight excluding hydrogens is 360 g/mol. The summed E-state index contributed by atoms with van der Waals surface area (Å²) in [7, 11) is 0. The van der Waals surface area contributed by atoms with Gasteiger partial charge in [-0.2, -0.15) is 0 Å². The number of aliphatic hydroxyl groups is 1. The molecule has 3 aliphatic rings. The van der Waals surface area contributed by atoms with E-state index in [0.29, 0.717) is 18.9 Å². The first-order valence-corrected chi connectivity index (χ1v) is 10.3. The van der Waals surface area contributed by atoms with Gasteiger partial charge >= 0.3 is 0 Å². The summed E-state index contributed by atoms with van der Waals surface area (Å²) in [5.41, 5.74) is 11.3. The van der Waals surface area contributed by atoms with Gasteiger partial charge in [0.05, 0.1) is 12.1 Å². The van der Waals surface area contributed by atoms with Crippen LogP contribution in [0.3, 0.4) is 0 Å². The number of amides is 3. The van der Waals surface area contributed by atoms with Crippen LogP contribution < -0.4 is 16.8 Å². The number of likely N-dealkylation sites (tertiary alicyclic amines) is 1. The highest BCUT2D eigenvalue weighted by atomic mass is 16.3. The summed E-state index contributed by atoms with van der Waals surface area (Å²) in [6.07, 6.45) is 1.12. The lowest BCUT2D eigenvalue weighted by Crippen LogP contribution is -2.58. The van der Waals surface area contributed by atoms with E-state index in [1.807, 2.05) is 13.8 Å². The van der Waals surface area contributed by atoms with Crippen LogP contribution in [0.2, 0.25) is 0 Å². The highest BCUT2D eigenvalue weighted by Crippen LogP contribution is 2.64. The third-order valence-electron chi connectivity index (χ3n) is 7.05. The van der Waals surface area contributed by atoms with Crippen molar-refractivity contribution in [2.45, 2.75) is 71.2 Å². The summed E-state index contributed by atoms with van der Waals surface area (Å²) in [6.45, 7) is 8.49. The first-order chi connectivity index (χ1) is 13.0. The van der Waals surface area contributed by atoms with Gasteiger partial charge in [0.15, 0.2) is 6.10 Å². The number of primary amides is 1. The van der Waals surface area contributed by atoms with Crippen LogP contribution in [0.4, 0.5) is 0 Å². The Morgan fingerprint density at radius 2 is 1.86 bits per heavy atom. The Morgan fingerprint density at radius 1 is 1.25 bits per heavy atom. The maximum atomic E-state index is 13.2. The molecule has 28 heavy (non-hydrogen) atoms. The van der Waals surface area contributed by atoms with E-state index in [4.69, 9.17) is 11.5 Å². The molecule has 6 atom stereocenters. The second-order valence-corrected chi connectivity index (χ2v) is 9.80. The monoisotopic (exact) mass is 394 g/mol. The minimum Gasteiger partial charge on any atom is -0.381 e. The number of carbonyl (C=O) groups is 3. The van der Waals surface area contributed by atoms with E-state index < -0.39 is 30.1 Å². The molecule has 8 heteroatoms. The maximum absolute atomic E-state index is 13.2. The van der Waals surface area contributed by atoms with E-state index in [1.165, 1.54) is 0 Å². The van der Waals surface area contributed by atoms with Crippen molar-refractivity contribution in [1.82, 2.24) is 10.2 Å². The molecule has 1 heterocycles. The predicted molar refractivity (Wildman–Crippen MR) is 104 cm³/mol. The molecule has 158 valence electrons. The Labute approximate surface area is 166 Å². The predicted octanol–water partition coefficient (Wildman–Crippen LogP) is -0.416. The van der Waals surface area contributed by atoms with Crippen LogP contribution in [0.5, 0.6) is 0 Å². The number of piperidine rings is 1. The van der Waals surface area contributed by atoms with Crippen LogP contribution in [-0.2, 0) is 14.4 Å². The van der Waals surface area contributed by atoms with Gasteiger partial charge in [-0.25, -0.2) is 0 Å². The zero-order valence-corrected chi connectivity index (χ0v) is 17.2. The molecule has 3 amide bonds. The summed E-state index contributed by atoms with van der Waals surface area (Å²) in [5.74, 6) is -0.712. The molecule has 1 aliphatic heterocycles. The average Bonchev–Trinajstić information content (AvgIpc) is 3.46. The number of nitrogens with zero attached hydrogens (tertiary/aromatic N) is 1. The van der Waals surface area contributed by atoms with Crippen LogP contribution >= 0.6 is 0 Å². The zero-order valence-electron chi connectivity index (χ0n) is 17.2. The molecule has 0 aromatic heterocycles. The van der Waals surface area contributed by atoms with Gasteiger partial charge in [0.25, 0.3) is 0 Å². The molecule has 0 spiro atoms. The van der Waals surface area contributed by atoms with Crippen molar-refractivity contribution in [2.24, 2.45) is 40.6 Å². The quantitative estimate of drug-likeness (QED) is 0.443. The number of rotatable bonds is 8. The molecule has 0 aromatic carbocycles. The van der Waals surface area contributed by atoms with Gasteiger partial charge in [-0.3, -0.25) is 14.4 Å². The van der Waals surface area contributed by atoms with Crippen molar-refractivity contribution in [1.29, 1.82) is 0 Å². The van der Waals surface area contributed by atoms with Gasteiger partial charge in [-0.15, -0.1) is 0 Å². The maximum Gasteiger partial charge on any atom is 0.248 e. The molecule has 0 bridgehead atoms. The summed E-state index contributed by atoms with van der Waals surface area (Å²) < 4.78 is 0. The molecule has 3 fully saturated rings. The van der Waals surface area contributed by atoms with Gasteiger partial charge in [0.2, 0.25) is 17.7 Å². The molecule has 3 rings (SSSR count). The summed E-state index contributed by atoms with van der Waals surface area (Å²) in [4.78, 5) is 39.2. The van der Waals surface area contributed by atoms with Gasteiger partial charge in [0, 0.05) is 6.54 Å². The average molecular weight is 395 g/mol. The number of fused-ring (bicyclic) bond motifs is 1. The van der Waals surface area contributed by atoms with Crippen molar-refractivity contribution >= 4 is 17.7 Å². The fraction of sp³-hybridized carbons (Fsp3) is 0.850. The van der Waals surface area contributed by atoms with Crippen molar-refractivity contribution in [3.63, 3.8) is 0 Å². The van der Waals surface area contributed by atoms with Crippen LogP contribution in [-0.4, -0.2) is 58.5 Å². The third-order valence-corrected chi connectivity index (χ3v) is 7.05. The summed E-state index contributed by atoms with van der Waals surface area (Å²) in [5, 5.41) is 13.0. The van der Waals surface area contributed by atoms with Crippen molar-refractivity contribution in [3.05, 3.63) is 0 Å². The molecule has 0 radical (unpaired) electrons. The van der Waals surface area contributed by atoms with Gasteiger partial charge in [-0.05, 0) is 35.5 Å². The summed E-state index contributed by atoms with van der Waals surface area (Å²) >= 11 is 0. The van der Waals surface area contributed by atoms with Crippen molar-refractivity contribution in [3.8, 4) is 0 Å². The van der Waals surface area contributed by atoms with E-state index in [9.17, 15) is 19.5 Å². The Kier molecular flexibility index (Phi) is 5.49. The SMILES string of the molecule is CC(C)[C@H](N)C(=O)N1CC2C(C1C(=O)NC(CC1CC1)C(O)C(N)=O)C2(C)C. The molecule has 1 saturated heterocycles. The Hall–Kier alpha value is -1.67. The minimum absolute atomic E-state index is 0.0188. The Bertz CT molecular complexity index is 661. The van der Waals surface area contributed by atoms with Gasteiger partial charge < -0.3 is 26.8 Å². The number of carbonyl (C=O) groups excluding carboxylic acids is 3. The number of hydrogen-bond acceptors (Lipinski definition) is 5. The largest absolute Gasteiger partial charge is 0.381 e. The molecule has 6 N–H and O–H groups in total. The summed E-state index contributed by atoms with van der Waals surface area (Å²) in [6, 6.07) is -2.01. The smallest absolute Gasteiger partial charge is 0.248 e. The van der Waals surface area contributed by atoms with Crippen molar-refractivity contribution < 1.29 is 19.5 Å². The first kappa shape index (κ1) is 21.0. The lowest BCUT2D eigenvalue weighted by molar-refractivity contribution is -0.143. The van der Waals surface area contributed by atoms with Crippen molar-refractivity contribution in [2.75, 3.05) is 6.54 Å². The number of nitrogens with two attached hydrogens (primary N) is 2. The van der Waals surface area contributed by atoms with Gasteiger partial charge in [0.1, 0.15) is 6.04 Å². The highest BCUT2D eigenvalue weighted by Gasteiger charge is 2.69. The first-order valence-electron chi connectivity index (χ1n) is 10.3. The second kappa shape index (κ2) is 7.30. The third kappa shape index (κ3) is 3.76. The second-order valence-electron chi connectivity index (χ2n) is 9.80. The van der Waals surface area contributed by atoms with Crippen LogP contribution in [0, 0.1) is 29.1 Å². The normalized spacial score (nSPS) is 31.1. The fourth-order valence-electron chi connectivity index (χ4n) is 4.74. The lowest BCUT2D eigenvalue weighted by atomic mass is 9.97. The highest BCUT2D eigenvalue weighted by molar-refractivity contribution is 5.92. The molecule has 8 nitrogen and oxygen atoms in total.